The van der Waals surface area contributed by atoms with Crippen molar-refractivity contribution in [3.63, 3.8) is 0 Å². The van der Waals surface area contributed by atoms with Crippen LogP contribution < -0.4 is 10.6 Å². The summed E-state index contributed by atoms with van der Waals surface area (Å²) in [6.45, 7) is 3.49. The summed E-state index contributed by atoms with van der Waals surface area (Å²) in [6, 6.07) is 8.05. The molecule has 1 aromatic heterocycles. The molecule has 0 unspecified atom stereocenters. The van der Waals surface area contributed by atoms with E-state index in [1.807, 2.05) is 38.2 Å². The second-order valence-corrected chi connectivity index (χ2v) is 5.32. The maximum Gasteiger partial charge on any atom is 0.226 e. The Morgan fingerprint density at radius 3 is 2.73 bits per heavy atom. The number of aryl methyl sites for hydroxylation is 1. The second-order valence-electron chi connectivity index (χ2n) is 5.32. The van der Waals surface area contributed by atoms with Gasteiger partial charge in [-0.25, -0.2) is 4.98 Å². The van der Waals surface area contributed by atoms with Crippen LogP contribution in [0.1, 0.15) is 24.1 Å². The van der Waals surface area contributed by atoms with Crippen LogP contribution in [-0.2, 0) is 11.2 Å². The molecule has 0 aliphatic rings. The van der Waals surface area contributed by atoms with Crippen molar-refractivity contribution >= 4 is 5.91 Å². The summed E-state index contributed by atoms with van der Waals surface area (Å²) in [5.41, 5.74) is 3.02. The Morgan fingerprint density at radius 2 is 2.00 bits per heavy atom. The summed E-state index contributed by atoms with van der Waals surface area (Å²) in [7, 11) is 1.88. The molecule has 0 atom stereocenters. The van der Waals surface area contributed by atoms with Gasteiger partial charge in [0.15, 0.2) is 0 Å². The number of nitrogens with zero attached hydrogens (tertiary/aromatic N) is 1. The molecule has 5 heteroatoms. The number of rotatable bonds is 8. The van der Waals surface area contributed by atoms with Crippen LogP contribution in [0.2, 0.25) is 0 Å². The predicted molar refractivity (Wildman–Crippen MR) is 86.6 cm³/mol. The molecule has 118 valence electrons. The van der Waals surface area contributed by atoms with Crippen molar-refractivity contribution in [1.82, 2.24) is 15.6 Å². The minimum absolute atomic E-state index is 0.0810. The van der Waals surface area contributed by atoms with Crippen molar-refractivity contribution in [2.45, 2.75) is 26.2 Å². The average Bonchev–Trinajstić information content (AvgIpc) is 2.97. The lowest BCUT2D eigenvalue weighted by Gasteiger charge is -2.03. The molecular formula is C17H23N3O2. The molecule has 2 aromatic rings. The van der Waals surface area contributed by atoms with Gasteiger partial charge in [0.1, 0.15) is 6.26 Å². The zero-order valence-corrected chi connectivity index (χ0v) is 13.2. The first-order chi connectivity index (χ1) is 10.7. The third-order valence-electron chi connectivity index (χ3n) is 3.38. The number of carbonyl (C=O) groups is 1. The summed E-state index contributed by atoms with van der Waals surface area (Å²) in [5, 5.41) is 5.92. The normalized spacial score (nSPS) is 10.6. The molecule has 0 saturated heterocycles. The highest BCUT2D eigenvalue weighted by Gasteiger charge is 2.07. The number of benzene rings is 1. The van der Waals surface area contributed by atoms with E-state index in [4.69, 9.17) is 4.42 Å². The van der Waals surface area contributed by atoms with Crippen molar-refractivity contribution in [1.29, 1.82) is 0 Å². The van der Waals surface area contributed by atoms with Crippen molar-refractivity contribution in [3.8, 4) is 11.5 Å². The van der Waals surface area contributed by atoms with Gasteiger partial charge < -0.3 is 15.1 Å². The minimum atomic E-state index is 0.0810. The molecular weight excluding hydrogens is 278 g/mol. The van der Waals surface area contributed by atoms with Crippen LogP contribution >= 0.6 is 0 Å². The molecule has 1 amide bonds. The Hall–Kier alpha value is -2.14. The third kappa shape index (κ3) is 5.00. The molecule has 2 N–H and O–H groups in total. The molecule has 0 saturated carbocycles. The first-order valence-electron chi connectivity index (χ1n) is 7.62. The molecule has 0 bridgehead atoms. The molecule has 22 heavy (non-hydrogen) atoms. The number of aromatic nitrogens is 1. The number of hydrogen-bond donors (Lipinski definition) is 2. The number of hydrogen-bond acceptors (Lipinski definition) is 4. The van der Waals surface area contributed by atoms with Gasteiger partial charge in [-0.1, -0.05) is 17.7 Å². The van der Waals surface area contributed by atoms with Crippen LogP contribution in [0.15, 0.2) is 34.9 Å². The largest absolute Gasteiger partial charge is 0.444 e. The fraction of sp³-hybridized carbons (Fsp3) is 0.412. The SMILES string of the molecule is CNCCCC(=O)NCCc1coc(-c2ccc(C)cc2)n1. The van der Waals surface area contributed by atoms with E-state index in [1.165, 1.54) is 5.56 Å². The van der Waals surface area contributed by atoms with Crippen LogP contribution in [0.25, 0.3) is 11.5 Å². The molecule has 5 nitrogen and oxygen atoms in total. The first kappa shape index (κ1) is 16.2. The van der Waals surface area contributed by atoms with Gasteiger partial charge in [-0.15, -0.1) is 0 Å². The number of carbonyl (C=O) groups excluding carboxylic acids is 1. The Balaban J connectivity index is 1.78. The Morgan fingerprint density at radius 1 is 1.23 bits per heavy atom. The molecule has 1 heterocycles. The quantitative estimate of drug-likeness (QED) is 0.734. The van der Waals surface area contributed by atoms with Crippen molar-refractivity contribution < 1.29 is 9.21 Å². The lowest BCUT2D eigenvalue weighted by molar-refractivity contribution is -0.121. The fourth-order valence-corrected chi connectivity index (χ4v) is 2.09. The van der Waals surface area contributed by atoms with Crippen LogP contribution in [0.4, 0.5) is 0 Å². The summed E-state index contributed by atoms with van der Waals surface area (Å²) in [5.74, 6) is 0.702. The van der Waals surface area contributed by atoms with Crippen molar-refractivity contribution in [2.24, 2.45) is 0 Å². The molecule has 1 aromatic carbocycles. The molecule has 0 fully saturated rings. The van der Waals surface area contributed by atoms with Crippen molar-refractivity contribution in [3.05, 3.63) is 41.8 Å². The highest BCUT2D eigenvalue weighted by Crippen LogP contribution is 2.19. The lowest BCUT2D eigenvalue weighted by Crippen LogP contribution is -2.26. The average molecular weight is 301 g/mol. The monoisotopic (exact) mass is 301 g/mol. The van der Waals surface area contributed by atoms with Crippen LogP contribution in [0.3, 0.4) is 0 Å². The van der Waals surface area contributed by atoms with E-state index in [9.17, 15) is 4.79 Å². The van der Waals surface area contributed by atoms with Crippen LogP contribution in [-0.4, -0.2) is 31.0 Å². The second kappa shape index (κ2) is 8.34. The molecule has 2 rings (SSSR count). The van der Waals surface area contributed by atoms with Gasteiger partial charge >= 0.3 is 0 Å². The van der Waals surface area contributed by atoms with Crippen LogP contribution in [0, 0.1) is 6.92 Å². The summed E-state index contributed by atoms with van der Waals surface area (Å²) < 4.78 is 5.50. The highest BCUT2D eigenvalue weighted by molar-refractivity contribution is 5.75. The molecule has 0 radical (unpaired) electrons. The van der Waals surface area contributed by atoms with Gasteiger partial charge in [0, 0.05) is 24.9 Å². The zero-order chi connectivity index (χ0) is 15.8. The van der Waals surface area contributed by atoms with Gasteiger partial charge in [0.05, 0.1) is 5.69 Å². The van der Waals surface area contributed by atoms with Gasteiger partial charge in [-0.2, -0.15) is 0 Å². The Bertz CT molecular complexity index is 590. The van der Waals surface area contributed by atoms with Gasteiger partial charge in [-0.05, 0) is 39.1 Å². The molecule has 0 spiro atoms. The number of nitrogens with one attached hydrogen (secondary N) is 2. The maximum absolute atomic E-state index is 11.6. The lowest BCUT2D eigenvalue weighted by atomic mass is 10.1. The van der Waals surface area contributed by atoms with Crippen molar-refractivity contribution in [2.75, 3.05) is 20.1 Å². The Labute approximate surface area is 131 Å². The van der Waals surface area contributed by atoms with E-state index in [-0.39, 0.29) is 5.91 Å². The molecule has 0 aliphatic heterocycles. The fourth-order valence-electron chi connectivity index (χ4n) is 2.09. The highest BCUT2D eigenvalue weighted by atomic mass is 16.3. The maximum atomic E-state index is 11.6. The van der Waals surface area contributed by atoms with E-state index in [1.54, 1.807) is 6.26 Å². The van der Waals surface area contributed by atoms with E-state index in [0.717, 1.165) is 24.2 Å². The van der Waals surface area contributed by atoms with Crippen LogP contribution in [0.5, 0.6) is 0 Å². The Kier molecular flexibility index (Phi) is 6.15. The third-order valence-corrected chi connectivity index (χ3v) is 3.38. The topological polar surface area (TPSA) is 67.2 Å². The summed E-state index contributed by atoms with van der Waals surface area (Å²) in [6.07, 6.45) is 3.73. The number of amides is 1. The molecule has 0 aliphatic carbocycles. The summed E-state index contributed by atoms with van der Waals surface area (Å²) in [4.78, 5) is 16.0. The van der Waals surface area contributed by atoms with E-state index >= 15 is 0 Å². The zero-order valence-electron chi connectivity index (χ0n) is 13.2. The van der Waals surface area contributed by atoms with E-state index < -0.39 is 0 Å². The van der Waals surface area contributed by atoms with E-state index in [0.29, 0.717) is 25.3 Å². The summed E-state index contributed by atoms with van der Waals surface area (Å²) >= 11 is 0. The van der Waals surface area contributed by atoms with Gasteiger partial charge in [0.2, 0.25) is 11.8 Å². The van der Waals surface area contributed by atoms with Gasteiger partial charge in [-0.3, -0.25) is 4.79 Å². The predicted octanol–water partition coefficient (Wildman–Crippen LogP) is 2.31. The van der Waals surface area contributed by atoms with E-state index in [2.05, 4.69) is 15.6 Å². The van der Waals surface area contributed by atoms with Gasteiger partial charge in [0.25, 0.3) is 0 Å². The smallest absolute Gasteiger partial charge is 0.226 e. The first-order valence-corrected chi connectivity index (χ1v) is 7.62. The minimum Gasteiger partial charge on any atom is -0.444 e. The standard InChI is InChI=1S/C17H23N3O2/c1-13-5-7-14(8-6-13)17-20-15(12-22-17)9-11-19-16(21)4-3-10-18-2/h5-8,12,18H,3-4,9-11H2,1-2H3,(H,19,21). The number of oxazole rings is 1.